The molecule has 1 aliphatic rings. The number of fused-ring (bicyclic) bond motifs is 1. The molecule has 9 heteroatoms. The van der Waals surface area contributed by atoms with E-state index in [1.165, 1.54) is 16.8 Å². The fourth-order valence-corrected chi connectivity index (χ4v) is 3.88. The molecule has 0 aliphatic carbocycles. The number of nitrogens with zero attached hydrogens (tertiary/aromatic N) is 6. The average molecular weight is 417 g/mol. The molecule has 156 valence electrons. The normalized spacial score (nSPS) is 16.4. The van der Waals surface area contributed by atoms with Crippen molar-refractivity contribution in [3.8, 4) is 5.69 Å². The highest BCUT2D eigenvalue weighted by Crippen LogP contribution is 2.24. The number of carbonyl (C=O) groups excluding carboxylic acids is 1. The van der Waals surface area contributed by atoms with Crippen LogP contribution in [0.25, 0.3) is 16.9 Å². The first kappa shape index (κ1) is 19.3. The number of aromatic nitrogens is 5. The molecule has 4 heterocycles. The molecule has 3 aromatic heterocycles. The Labute approximate surface area is 177 Å². The van der Waals surface area contributed by atoms with Gasteiger partial charge in [0.1, 0.15) is 17.2 Å². The molecular weight excluding hydrogens is 397 g/mol. The highest BCUT2D eigenvalue weighted by Gasteiger charge is 2.30. The number of benzene rings is 1. The lowest BCUT2D eigenvalue weighted by atomic mass is 10.0. The molecule has 0 bridgehead atoms. The minimum Gasteiger partial charge on any atom is -0.315 e. The van der Waals surface area contributed by atoms with E-state index in [0.29, 0.717) is 29.2 Å². The topological polar surface area (TPSA) is 88.8 Å². The van der Waals surface area contributed by atoms with Gasteiger partial charge in [-0.3, -0.25) is 9.69 Å². The van der Waals surface area contributed by atoms with Crippen molar-refractivity contribution in [2.24, 2.45) is 0 Å². The molecule has 0 unspecified atom stereocenters. The van der Waals surface area contributed by atoms with Crippen LogP contribution in [0.15, 0.2) is 60.9 Å². The minimum atomic E-state index is -0.633. The lowest BCUT2D eigenvalue weighted by Crippen LogP contribution is -2.49. The Morgan fingerprint density at radius 3 is 2.81 bits per heavy atom. The Bertz CT molecular complexity index is 1220. The Balaban J connectivity index is 1.51. The van der Waals surface area contributed by atoms with E-state index in [1.807, 2.05) is 6.07 Å². The molecule has 1 aliphatic heterocycles. The van der Waals surface area contributed by atoms with Gasteiger partial charge in [0.2, 0.25) is 0 Å². The number of carbonyl (C=O) groups is 1. The Morgan fingerprint density at radius 1 is 1.13 bits per heavy atom. The molecule has 1 saturated heterocycles. The molecule has 0 radical (unpaired) electrons. The van der Waals surface area contributed by atoms with Crippen LogP contribution >= 0.6 is 0 Å². The standard InChI is InChI=1S/C22H20FN7O/c23-18-13-15(30-21-19(27-28-30)6-4-12-26-21)8-9-17(18)22(31)29(16-5-3-10-24-14-16)20-7-1-2-11-25-20/h1-2,4,6-9,11-13,16,24H,3,5,10,14H2/t16-/m1/s1. The van der Waals surface area contributed by atoms with Crippen LogP contribution in [0.2, 0.25) is 0 Å². The Morgan fingerprint density at radius 2 is 2.03 bits per heavy atom. The maximum atomic E-state index is 15.2. The second kappa shape index (κ2) is 8.19. The third-order valence-corrected chi connectivity index (χ3v) is 5.39. The third-order valence-electron chi connectivity index (χ3n) is 5.39. The van der Waals surface area contributed by atoms with Crippen molar-refractivity contribution in [3.63, 3.8) is 0 Å². The van der Waals surface area contributed by atoms with Crippen molar-refractivity contribution >= 4 is 22.9 Å². The first-order valence-electron chi connectivity index (χ1n) is 10.1. The summed E-state index contributed by atoms with van der Waals surface area (Å²) < 4.78 is 16.6. The summed E-state index contributed by atoms with van der Waals surface area (Å²) in [4.78, 5) is 23.6. The predicted molar refractivity (Wildman–Crippen MR) is 114 cm³/mol. The zero-order valence-corrected chi connectivity index (χ0v) is 16.6. The lowest BCUT2D eigenvalue weighted by molar-refractivity contribution is 0.0967. The SMILES string of the molecule is O=C(c1ccc(-n2nnc3cccnc32)cc1F)N(c1ccccn1)[C@@H]1CCCNC1. The van der Waals surface area contributed by atoms with Gasteiger partial charge in [-0.05, 0) is 55.8 Å². The number of anilines is 1. The summed E-state index contributed by atoms with van der Waals surface area (Å²) in [6, 6.07) is 13.2. The quantitative estimate of drug-likeness (QED) is 0.549. The molecule has 1 N–H and O–H groups in total. The smallest absolute Gasteiger partial charge is 0.262 e. The zero-order chi connectivity index (χ0) is 21.2. The number of pyridine rings is 2. The van der Waals surface area contributed by atoms with Crippen LogP contribution in [0.4, 0.5) is 10.2 Å². The largest absolute Gasteiger partial charge is 0.315 e. The molecule has 8 nitrogen and oxygen atoms in total. The highest BCUT2D eigenvalue weighted by molar-refractivity contribution is 6.06. The van der Waals surface area contributed by atoms with Gasteiger partial charge in [-0.15, -0.1) is 5.10 Å². The van der Waals surface area contributed by atoms with E-state index in [0.717, 1.165) is 19.4 Å². The summed E-state index contributed by atoms with van der Waals surface area (Å²) in [6.45, 7) is 1.54. The molecule has 1 fully saturated rings. The molecule has 5 rings (SSSR count). The van der Waals surface area contributed by atoms with Crippen molar-refractivity contribution < 1.29 is 9.18 Å². The van der Waals surface area contributed by atoms with E-state index >= 15 is 4.39 Å². The maximum absolute atomic E-state index is 15.2. The summed E-state index contributed by atoms with van der Waals surface area (Å²) >= 11 is 0. The van der Waals surface area contributed by atoms with Crippen molar-refractivity contribution in [1.29, 1.82) is 0 Å². The first-order chi connectivity index (χ1) is 15.2. The molecule has 1 amide bonds. The van der Waals surface area contributed by atoms with E-state index in [4.69, 9.17) is 0 Å². The van der Waals surface area contributed by atoms with E-state index < -0.39 is 11.7 Å². The summed E-state index contributed by atoms with van der Waals surface area (Å²) in [5.74, 6) is -0.541. The van der Waals surface area contributed by atoms with Crippen molar-refractivity contribution in [1.82, 2.24) is 30.3 Å². The van der Waals surface area contributed by atoms with Crippen LogP contribution in [-0.2, 0) is 0 Å². The van der Waals surface area contributed by atoms with Gasteiger partial charge < -0.3 is 5.32 Å². The summed E-state index contributed by atoms with van der Waals surface area (Å²) in [6.07, 6.45) is 5.02. The van der Waals surface area contributed by atoms with Crippen LogP contribution in [0.3, 0.4) is 0 Å². The molecule has 31 heavy (non-hydrogen) atoms. The average Bonchev–Trinajstić information content (AvgIpc) is 3.25. The molecule has 0 spiro atoms. The van der Waals surface area contributed by atoms with Gasteiger partial charge in [0.05, 0.1) is 17.3 Å². The number of nitrogens with one attached hydrogen (secondary N) is 1. The maximum Gasteiger partial charge on any atom is 0.262 e. The van der Waals surface area contributed by atoms with Crippen LogP contribution in [0, 0.1) is 5.82 Å². The Hall–Kier alpha value is -3.72. The van der Waals surface area contributed by atoms with Crippen molar-refractivity contribution in [3.05, 3.63) is 72.3 Å². The zero-order valence-electron chi connectivity index (χ0n) is 16.6. The number of rotatable bonds is 4. The van der Waals surface area contributed by atoms with Crippen LogP contribution < -0.4 is 10.2 Å². The summed E-state index contributed by atoms with van der Waals surface area (Å²) in [5.41, 5.74) is 1.55. The van der Waals surface area contributed by atoms with Crippen LogP contribution in [0.5, 0.6) is 0 Å². The van der Waals surface area contributed by atoms with E-state index in [2.05, 4.69) is 25.6 Å². The van der Waals surface area contributed by atoms with E-state index in [9.17, 15) is 4.79 Å². The van der Waals surface area contributed by atoms with E-state index in [1.54, 1.807) is 47.6 Å². The highest BCUT2D eigenvalue weighted by atomic mass is 19.1. The minimum absolute atomic E-state index is 0.0163. The molecule has 4 aromatic rings. The predicted octanol–water partition coefficient (Wildman–Crippen LogP) is 2.75. The van der Waals surface area contributed by atoms with Crippen molar-refractivity contribution in [2.75, 3.05) is 18.0 Å². The van der Waals surface area contributed by atoms with Crippen molar-refractivity contribution in [2.45, 2.75) is 18.9 Å². The second-order valence-corrected chi connectivity index (χ2v) is 7.37. The fraction of sp³-hybridized carbons (Fsp3) is 0.227. The monoisotopic (exact) mass is 417 g/mol. The van der Waals surface area contributed by atoms with Gasteiger partial charge in [0, 0.05) is 25.0 Å². The van der Waals surface area contributed by atoms with Gasteiger partial charge in [0.25, 0.3) is 5.91 Å². The number of hydrogen-bond donors (Lipinski definition) is 1. The molecule has 0 saturated carbocycles. The first-order valence-corrected chi connectivity index (χ1v) is 10.1. The number of amides is 1. The molecular formula is C22H20FN7O. The van der Waals surface area contributed by atoms with Gasteiger partial charge in [-0.2, -0.15) is 4.68 Å². The summed E-state index contributed by atoms with van der Waals surface area (Å²) in [7, 11) is 0. The second-order valence-electron chi connectivity index (χ2n) is 7.37. The fourth-order valence-electron chi connectivity index (χ4n) is 3.88. The molecule has 1 atom stereocenters. The number of piperidine rings is 1. The van der Waals surface area contributed by atoms with E-state index in [-0.39, 0.29) is 11.6 Å². The number of halogens is 1. The molecule has 1 aromatic carbocycles. The Kier molecular flexibility index (Phi) is 5.09. The van der Waals surface area contributed by atoms with Crippen LogP contribution in [-0.4, -0.2) is 50.0 Å². The van der Waals surface area contributed by atoms with Gasteiger partial charge >= 0.3 is 0 Å². The van der Waals surface area contributed by atoms with Gasteiger partial charge in [0.15, 0.2) is 5.65 Å². The van der Waals surface area contributed by atoms with Gasteiger partial charge in [-0.1, -0.05) is 11.3 Å². The third kappa shape index (κ3) is 3.64. The van der Waals surface area contributed by atoms with Gasteiger partial charge in [-0.25, -0.2) is 14.4 Å². The van der Waals surface area contributed by atoms with Crippen LogP contribution in [0.1, 0.15) is 23.2 Å². The lowest BCUT2D eigenvalue weighted by Gasteiger charge is -2.34. The summed E-state index contributed by atoms with van der Waals surface area (Å²) in [5, 5.41) is 11.4. The number of hydrogen-bond acceptors (Lipinski definition) is 6.